The Morgan fingerprint density at radius 2 is 1.27 bits per heavy atom. The largest absolute Gasteiger partial charge is 0.392 e. The topological polar surface area (TPSA) is 40.5 Å². The molecule has 0 atom stereocenters. The first-order chi connectivity index (χ1) is 10.8. The van der Waals surface area contributed by atoms with Gasteiger partial charge in [0, 0.05) is 0 Å². The first-order valence-electron chi connectivity index (χ1n) is 7.40. The van der Waals surface area contributed by atoms with Gasteiger partial charge in [-0.1, -0.05) is 54.6 Å². The SMILES string of the molecule is OCc1cccc2c1ccc1c3ccccc3cc(CO)c21. The van der Waals surface area contributed by atoms with Crippen LogP contribution < -0.4 is 0 Å². The van der Waals surface area contributed by atoms with E-state index in [1.165, 1.54) is 5.39 Å². The summed E-state index contributed by atoms with van der Waals surface area (Å²) in [6.45, 7) is 0.0225. The van der Waals surface area contributed by atoms with Gasteiger partial charge in [0.05, 0.1) is 13.2 Å². The third kappa shape index (κ3) is 1.82. The number of benzene rings is 4. The Morgan fingerprint density at radius 1 is 0.591 bits per heavy atom. The van der Waals surface area contributed by atoms with Crippen molar-refractivity contribution < 1.29 is 10.2 Å². The average molecular weight is 288 g/mol. The van der Waals surface area contributed by atoms with E-state index in [-0.39, 0.29) is 13.2 Å². The normalized spacial score (nSPS) is 11.5. The Morgan fingerprint density at radius 3 is 2.09 bits per heavy atom. The molecule has 4 rings (SSSR count). The third-order valence-electron chi connectivity index (χ3n) is 4.39. The molecule has 2 N–H and O–H groups in total. The fourth-order valence-electron chi connectivity index (χ4n) is 3.38. The Balaban J connectivity index is 2.28. The van der Waals surface area contributed by atoms with Crippen molar-refractivity contribution >= 4 is 32.3 Å². The molecule has 0 heterocycles. The van der Waals surface area contributed by atoms with Crippen molar-refractivity contribution in [3.8, 4) is 0 Å². The zero-order valence-corrected chi connectivity index (χ0v) is 12.1. The summed E-state index contributed by atoms with van der Waals surface area (Å²) >= 11 is 0. The molecule has 0 bridgehead atoms. The first kappa shape index (κ1) is 13.3. The lowest BCUT2D eigenvalue weighted by Gasteiger charge is -2.13. The Bertz CT molecular complexity index is 1000. The molecule has 0 aromatic heterocycles. The molecule has 108 valence electrons. The molecule has 0 spiro atoms. The molecule has 0 aliphatic heterocycles. The smallest absolute Gasteiger partial charge is 0.0688 e. The van der Waals surface area contributed by atoms with E-state index >= 15 is 0 Å². The van der Waals surface area contributed by atoms with Crippen molar-refractivity contribution in [2.45, 2.75) is 13.2 Å². The highest BCUT2D eigenvalue weighted by molar-refractivity contribution is 6.19. The van der Waals surface area contributed by atoms with E-state index in [1.54, 1.807) is 0 Å². The van der Waals surface area contributed by atoms with Crippen molar-refractivity contribution in [1.29, 1.82) is 0 Å². The van der Waals surface area contributed by atoms with E-state index in [9.17, 15) is 10.2 Å². The molecule has 2 nitrogen and oxygen atoms in total. The number of hydrogen-bond acceptors (Lipinski definition) is 2. The summed E-state index contributed by atoms with van der Waals surface area (Å²) in [7, 11) is 0. The van der Waals surface area contributed by atoms with Crippen LogP contribution in [0.5, 0.6) is 0 Å². The highest BCUT2D eigenvalue weighted by Gasteiger charge is 2.11. The summed E-state index contributed by atoms with van der Waals surface area (Å²) < 4.78 is 0. The average Bonchev–Trinajstić information content (AvgIpc) is 2.59. The highest BCUT2D eigenvalue weighted by atomic mass is 16.3. The van der Waals surface area contributed by atoms with E-state index in [2.05, 4.69) is 36.4 Å². The number of hydrogen-bond donors (Lipinski definition) is 2. The van der Waals surface area contributed by atoms with E-state index in [0.717, 1.165) is 38.1 Å². The first-order valence-corrected chi connectivity index (χ1v) is 7.40. The van der Waals surface area contributed by atoms with Gasteiger partial charge in [0.15, 0.2) is 0 Å². The fourth-order valence-corrected chi connectivity index (χ4v) is 3.38. The van der Waals surface area contributed by atoms with Crippen LogP contribution >= 0.6 is 0 Å². The molecule has 0 amide bonds. The number of aliphatic hydroxyl groups is 2. The standard InChI is InChI=1S/C20H16O2/c21-11-14-5-3-7-18-17(14)8-9-19-16-6-2-1-4-13(16)10-15(12-22)20(18)19/h1-10,21-22H,11-12H2. The fraction of sp³-hybridized carbons (Fsp3) is 0.100. The molecule has 2 heteroatoms. The van der Waals surface area contributed by atoms with Gasteiger partial charge in [-0.2, -0.15) is 0 Å². The zero-order chi connectivity index (χ0) is 15.1. The molecule has 0 radical (unpaired) electrons. The van der Waals surface area contributed by atoms with Gasteiger partial charge < -0.3 is 10.2 Å². The van der Waals surface area contributed by atoms with Gasteiger partial charge in [-0.05, 0) is 49.5 Å². The second kappa shape index (κ2) is 5.09. The Hall–Kier alpha value is -2.42. The summed E-state index contributed by atoms with van der Waals surface area (Å²) in [5, 5.41) is 26.1. The van der Waals surface area contributed by atoms with Crippen LogP contribution in [0.25, 0.3) is 32.3 Å². The maximum absolute atomic E-state index is 9.83. The Labute approximate surface area is 128 Å². The van der Waals surface area contributed by atoms with E-state index in [0.29, 0.717) is 0 Å². The minimum absolute atomic E-state index is 0.00377. The van der Waals surface area contributed by atoms with Crippen LogP contribution in [0.4, 0.5) is 0 Å². The maximum Gasteiger partial charge on any atom is 0.0688 e. The molecule has 22 heavy (non-hydrogen) atoms. The summed E-state index contributed by atoms with van der Waals surface area (Å²) in [6.07, 6.45) is 0. The van der Waals surface area contributed by atoms with Crippen LogP contribution in [-0.2, 0) is 13.2 Å². The Kier molecular flexibility index (Phi) is 3.07. The van der Waals surface area contributed by atoms with E-state index in [4.69, 9.17) is 0 Å². The van der Waals surface area contributed by atoms with Crippen LogP contribution in [0.2, 0.25) is 0 Å². The third-order valence-corrected chi connectivity index (χ3v) is 4.39. The molecular formula is C20H16O2. The maximum atomic E-state index is 9.83. The minimum atomic E-state index is 0.00377. The van der Waals surface area contributed by atoms with Gasteiger partial charge in [-0.3, -0.25) is 0 Å². The second-order valence-electron chi connectivity index (χ2n) is 5.57. The van der Waals surface area contributed by atoms with Gasteiger partial charge in [-0.25, -0.2) is 0 Å². The molecule has 0 aliphatic carbocycles. The molecular weight excluding hydrogens is 272 g/mol. The highest BCUT2D eigenvalue weighted by Crippen LogP contribution is 2.35. The van der Waals surface area contributed by atoms with Crippen molar-refractivity contribution in [3.63, 3.8) is 0 Å². The number of aliphatic hydroxyl groups excluding tert-OH is 2. The number of rotatable bonds is 2. The lowest BCUT2D eigenvalue weighted by molar-refractivity contribution is 0.283. The van der Waals surface area contributed by atoms with Crippen molar-refractivity contribution in [2.24, 2.45) is 0 Å². The summed E-state index contributed by atoms with van der Waals surface area (Å²) in [4.78, 5) is 0. The van der Waals surface area contributed by atoms with Gasteiger partial charge in [0.1, 0.15) is 0 Å². The molecule has 0 saturated carbocycles. The molecule has 0 aliphatic rings. The molecule has 0 saturated heterocycles. The van der Waals surface area contributed by atoms with Crippen LogP contribution in [0.15, 0.2) is 60.7 Å². The summed E-state index contributed by atoms with van der Waals surface area (Å²) in [6, 6.07) is 20.4. The lowest BCUT2D eigenvalue weighted by atomic mass is 9.92. The van der Waals surface area contributed by atoms with Crippen LogP contribution in [0, 0.1) is 0 Å². The molecule has 0 unspecified atom stereocenters. The lowest BCUT2D eigenvalue weighted by Crippen LogP contribution is -1.92. The molecule has 4 aromatic carbocycles. The van der Waals surface area contributed by atoms with Gasteiger partial charge in [-0.15, -0.1) is 0 Å². The van der Waals surface area contributed by atoms with Gasteiger partial charge in [0.2, 0.25) is 0 Å². The van der Waals surface area contributed by atoms with E-state index in [1.807, 2.05) is 24.3 Å². The van der Waals surface area contributed by atoms with Crippen LogP contribution in [0.3, 0.4) is 0 Å². The summed E-state index contributed by atoms with van der Waals surface area (Å²) in [5.41, 5.74) is 1.84. The van der Waals surface area contributed by atoms with Crippen molar-refractivity contribution in [2.75, 3.05) is 0 Å². The van der Waals surface area contributed by atoms with Crippen molar-refractivity contribution in [3.05, 3.63) is 71.8 Å². The summed E-state index contributed by atoms with van der Waals surface area (Å²) in [5.74, 6) is 0. The zero-order valence-electron chi connectivity index (χ0n) is 12.1. The quantitative estimate of drug-likeness (QED) is 0.544. The van der Waals surface area contributed by atoms with Gasteiger partial charge >= 0.3 is 0 Å². The van der Waals surface area contributed by atoms with Gasteiger partial charge in [0.25, 0.3) is 0 Å². The van der Waals surface area contributed by atoms with E-state index < -0.39 is 0 Å². The van der Waals surface area contributed by atoms with Crippen LogP contribution in [0.1, 0.15) is 11.1 Å². The van der Waals surface area contributed by atoms with Crippen LogP contribution in [-0.4, -0.2) is 10.2 Å². The predicted octanol–water partition coefficient (Wildman–Crippen LogP) is 4.13. The molecule has 4 aromatic rings. The monoisotopic (exact) mass is 288 g/mol. The molecule has 0 fully saturated rings. The second-order valence-corrected chi connectivity index (χ2v) is 5.57. The predicted molar refractivity (Wildman–Crippen MR) is 90.8 cm³/mol. The van der Waals surface area contributed by atoms with Crippen molar-refractivity contribution in [1.82, 2.24) is 0 Å². The number of fused-ring (bicyclic) bond motifs is 5. The minimum Gasteiger partial charge on any atom is -0.392 e.